The van der Waals surface area contributed by atoms with E-state index >= 15 is 0 Å². The topological polar surface area (TPSA) is 55.4 Å². The number of carbonyl (C=O) groups is 2. The smallest absolute Gasteiger partial charge is 0.328 e. The van der Waals surface area contributed by atoms with Crippen molar-refractivity contribution in [3.8, 4) is 0 Å². The fourth-order valence-electron chi connectivity index (χ4n) is 1.69. The van der Waals surface area contributed by atoms with Gasteiger partial charge in [0.25, 0.3) is 0 Å². The van der Waals surface area contributed by atoms with Crippen molar-refractivity contribution in [1.29, 1.82) is 0 Å². The zero-order valence-electron chi connectivity index (χ0n) is 10.6. The summed E-state index contributed by atoms with van der Waals surface area (Å²) in [6.07, 6.45) is 4.83. The highest BCUT2D eigenvalue weighted by Gasteiger charge is 2.17. The summed E-state index contributed by atoms with van der Waals surface area (Å²) < 4.78 is 4.48. The molecule has 1 amide bonds. The first-order chi connectivity index (χ1) is 8.63. The van der Waals surface area contributed by atoms with Gasteiger partial charge in [-0.2, -0.15) is 0 Å². The standard InChI is InChI=1S/C12H20NO3S2/c1-9(12(15)16-2)13-11(14)6-4-3-5-10-7-8-17-18-10/h9-10H,1,3-8H2,2H3,(H,13,14)/t9-,10?/m0/s1. The average Bonchev–Trinajstić information content (AvgIpc) is 2.86. The maximum Gasteiger partial charge on any atom is 0.328 e. The third-order valence-electron chi connectivity index (χ3n) is 2.73. The Morgan fingerprint density at radius 2 is 2.28 bits per heavy atom. The summed E-state index contributed by atoms with van der Waals surface area (Å²) in [4.78, 5) is 22.5. The predicted molar refractivity (Wildman–Crippen MR) is 76.2 cm³/mol. The van der Waals surface area contributed by atoms with Crippen molar-refractivity contribution in [1.82, 2.24) is 5.32 Å². The van der Waals surface area contributed by atoms with Crippen LogP contribution in [0.5, 0.6) is 0 Å². The highest BCUT2D eigenvalue weighted by molar-refractivity contribution is 8.77. The number of amides is 1. The first-order valence-corrected chi connectivity index (χ1v) is 8.50. The SMILES string of the molecule is [CH2][C@H](NC(=O)CCCCC1CCSS1)C(=O)OC. The molecular formula is C12H20NO3S2. The van der Waals surface area contributed by atoms with Crippen LogP contribution in [0.2, 0.25) is 0 Å². The minimum Gasteiger partial charge on any atom is -0.467 e. The molecule has 1 unspecified atom stereocenters. The first kappa shape index (κ1) is 15.7. The molecule has 0 aromatic carbocycles. The molecule has 4 nitrogen and oxygen atoms in total. The maximum absolute atomic E-state index is 11.5. The molecule has 0 saturated carbocycles. The monoisotopic (exact) mass is 290 g/mol. The van der Waals surface area contributed by atoms with Crippen LogP contribution in [0.1, 0.15) is 32.1 Å². The number of ether oxygens (including phenoxy) is 1. The number of hydrogen-bond donors (Lipinski definition) is 1. The van der Waals surface area contributed by atoms with Gasteiger partial charge in [0.1, 0.15) is 6.04 Å². The first-order valence-electron chi connectivity index (χ1n) is 6.12. The van der Waals surface area contributed by atoms with Gasteiger partial charge >= 0.3 is 5.97 Å². The fourth-order valence-corrected chi connectivity index (χ4v) is 4.72. The fraction of sp³-hybridized carbons (Fsp3) is 0.750. The van der Waals surface area contributed by atoms with E-state index in [-0.39, 0.29) is 5.91 Å². The molecule has 1 N–H and O–H groups in total. The van der Waals surface area contributed by atoms with E-state index in [1.165, 1.54) is 25.7 Å². The Bertz CT molecular complexity index is 280. The molecule has 0 aromatic rings. The lowest BCUT2D eigenvalue weighted by Crippen LogP contribution is -2.39. The largest absolute Gasteiger partial charge is 0.467 e. The van der Waals surface area contributed by atoms with Crippen molar-refractivity contribution in [2.45, 2.75) is 43.4 Å². The molecule has 1 rings (SSSR count). The van der Waals surface area contributed by atoms with E-state index in [0.717, 1.165) is 18.1 Å². The van der Waals surface area contributed by atoms with Crippen LogP contribution in [-0.2, 0) is 14.3 Å². The summed E-state index contributed by atoms with van der Waals surface area (Å²) in [6, 6.07) is -0.802. The Balaban J connectivity index is 2.04. The molecule has 1 saturated heterocycles. The number of nitrogens with one attached hydrogen (secondary N) is 1. The minimum atomic E-state index is -0.802. The molecule has 103 valence electrons. The second-order valence-corrected chi connectivity index (χ2v) is 7.01. The summed E-state index contributed by atoms with van der Waals surface area (Å²) in [7, 11) is 5.18. The molecule has 1 heterocycles. The highest BCUT2D eigenvalue weighted by atomic mass is 33.1. The van der Waals surface area contributed by atoms with E-state index in [1.807, 2.05) is 21.6 Å². The van der Waals surface area contributed by atoms with Gasteiger partial charge in [-0.15, -0.1) is 0 Å². The van der Waals surface area contributed by atoms with Crippen LogP contribution in [0.25, 0.3) is 0 Å². The third-order valence-corrected chi connectivity index (χ3v) is 5.73. The quantitative estimate of drug-likeness (QED) is 0.442. The molecule has 2 atom stereocenters. The lowest BCUT2D eigenvalue weighted by atomic mass is 10.1. The minimum absolute atomic E-state index is 0.131. The Labute approximate surface area is 116 Å². The maximum atomic E-state index is 11.5. The lowest BCUT2D eigenvalue weighted by Gasteiger charge is -2.11. The van der Waals surface area contributed by atoms with Gasteiger partial charge in [-0.3, -0.25) is 4.79 Å². The Morgan fingerprint density at radius 1 is 1.50 bits per heavy atom. The van der Waals surface area contributed by atoms with Gasteiger partial charge in [0, 0.05) is 17.4 Å². The van der Waals surface area contributed by atoms with Crippen LogP contribution >= 0.6 is 21.6 Å². The molecule has 0 bridgehead atoms. The highest BCUT2D eigenvalue weighted by Crippen LogP contribution is 2.39. The summed E-state index contributed by atoms with van der Waals surface area (Å²) in [5.41, 5.74) is 0. The lowest BCUT2D eigenvalue weighted by molar-refractivity contribution is -0.143. The molecule has 1 aliphatic rings. The van der Waals surface area contributed by atoms with E-state index in [9.17, 15) is 9.59 Å². The van der Waals surface area contributed by atoms with E-state index in [4.69, 9.17) is 0 Å². The zero-order chi connectivity index (χ0) is 13.4. The average molecular weight is 290 g/mol. The van der Waals surface area contributed by atoms with Gasteiger partial charge in [-0.05, 0) is 26.2 Å². The Morgan fingerprint density at radius 3 is 2.89 bits per heavy atom. The summed E-state index contributed by atoms with van der Waals surface area (Å²) in [5, 5.41) is 3.28. The molecule has 0 aliphatic carbocycles. The summed E-state index contributed by atoms with van der Waals surface area (Å²) in [5.74, 6) is 0.606. The molecule has 18 heavy (non-hydrogen) atoms. The van der Waals surface area contributed by atoms with E-state index in [2.05, 4.69) is 17.0 Å². The van der Waals surface area contributed by atoms with Gasteiger partial charge in [0.2, 0.25) is 5.91 Å². The van der Waals surface area contributed by atoms with Crippen LogP contribution in [0.3, 0.4) is 0 Å². The van der Waals surface area contributed by atoms with Crippen LogP contribution in [0.15, 0.2) is 0 Å². The van der Waals surface area contributed by atoms with E-state index < -0.39 is 12.0 Å². The van der Waals surface area contributed by atoms with E-state index in [0.29, 0.717) is 6.42 Å². The summed E-state index contributed by atoms with van der Waals surface area (Å²) >= 11 is 0. The Hall–Kier alpha value is -0.360. The van der Waals surface area contributed by atoms with Crippen molar-refractivity contribution in [2.24, 2.45) is 0 Å². The summed E-state index contributed by atoms with van der Waals surface area (Å²) in [6.45, 7) is 3.53. The Kier molecular flexibility index (Phi) is 7.58. The molecule has 1 aliphatic heterocycles. The van der Waals surface area contributed by atoms with Crippen LogP contribution in [-0.4, -0.2) is 36.0 Å². The van der Waals surface area contributed by atoms with Crippen molar-refractivity contribution >= 4 is 33.5 Å². The third kappa shape index (κ3) is 6.00. The van der Waals surface area contributed by atoms with Crippen LogP contribution in [0.4, 0.5) is 0 Å². The number of carbonyl (C=O) groups excluding carboxylic acids is 2. The number of methoxy groups -OCH3 is 1. The molecule has 0 aromatic heterocycles. The molecule has 1 fully saturated rings. The van der Waals surface area contributed by atoms with Crippen molar-refractivity contribution in [3.63, 3.8) is 0 Å². The second-order valence-electron chi connectivity index (χ2n) is 4.22. The van der Waals surface area contributed by atoms with Gasteiger partial charge in [0.15, 0.2) is 0 Å². The molecule has 1 radical (unpaired) electrons. The number of esters is 1. The van der Waals surface area contributed by atoms with Gasteiger partial charge in [-0.25, -0.2) is 4.79 Å². The van der Waals surface area contributed by atoms with Gasteiger partial charge in [0.05, 0.1) is 7.11 Å². The van der Waals surface area contributed by atoms with Gasteiger partial charge in [-0.1, -0.05) is 28.0 Å². The number of unbranched alkanes of at least 4 members (excludes halogenated alkanes) is 1. The van der Waals surface area contributed by atoms with Crippen molar-refractivity contribution < 1.29 is 14.3 Å². The van der Waals surface area contributed by atoms with Crippen LogP contribution in [0, 0.1) is 6.92 Å². The van der Waals surface area contributed by atoms with Gasteiger partial charge < -0.3 is 10.1 Å². The zero-order valence-corrected chi connectivity index (χ0v) is 12.3. The predicted octanol–water partition coefficient (Wildman–Crippen LogP) is 2.19. The number of rotatable bonds is 7. The second kappa shape index (κ2) is 8.69. The molecular weight excluding hydrogens is 270 g/mol. The van der Waals surface area contributed by atoms with Crippen molar-refractivity contribution in [3.05, 3.63) is 6.92 Å². The van der Waals surface area contributed by atoms with E-state index in [1.54, 1.807) is 0 Å². The number of hydrogen-bond acceptors (Lipinski definition) is 5. The molecule has 0 spiro atoms. The van der Waals surface area contributed by atoms with Crippen LogP contribution < -0.4 is 5.32 Å². The van der Waals surface area contributed by atoms with Crippen molar-refractivity contribution in [2.75, 3.05) is 12.9 Å². The molecule has 6 heteroatoms. The normalized spacial score (nSPS) is 20.4.